The molecule has 0 saturated heterocycles. The third-order valence-corrected chi connectivity index (χ3v) is 0.610. The Kier molecular flexibility index (Phi) is 1.87. The van der Waals surface area contributed by atoms with Gasteiger partial charge in [0.1, 0.15) is 0 Å². The molecule has 46 valence electrons. The van der Waals surface area contributed by atoms with Crippen LogP contribution < -0.4 is 0 Å². The molecule has 8 heavy (non-hydrogen) atoms. The molecular formula is C2H4N2O4. The zero-order valence-corrected chi connectivity index (χ0v) is 4.10. The van der Waals surface area contributed by atoms with E-state index in [1.807, 2.05) is 0 Å². The lowest BCUT2D eigenvalue weighted by Crippen LogP contribution is -2.24. The molecule has 0 fully saturated rings. The van der Waals surface area contributed by atoms with Crippen molar-refractivity contribution in [1.82, 2.24) is 0 Å². The van der Waals surface area contributed by atoms with Gasteiger partial charge in [0, 0.05) is 0 Å². The first-order chi connectivity index (χ1) is 3.55. The molecule has 6 nitrogen and oxygen atoms in total. The Morgan fingerprint density at radius 1 is 1.25 bits per heavy atom. The van der Waals surface area contributed by atoms with Crippen molar-refractivity contribution in [2.75, 3.05) is 0 Å². The molecule has 0 rings (SSSR count). The van der Waals surface area contributed by atoms with Crippen molar-refractivity contribution >= 4 is 0 Å². The van der Waals surface area contributed by atoms with E-state index in [0.717, 1.165) is 6.92 Å². The standard InChI is InChI=1S/C2H4N2O4/c1-2(3(5)6)4(7)8/h2H,1H3. The van der Waals surface area contributed by atoms with E-state index in [4.69, 9.17) is 0 Å². The lowest BCUT2D eigenvalue weighted by atomic mass is 10.6. The number of hydrogen-bond donors (Lipinski definition) is 0. The Morgan fingerprint density at radius 2 is 1.50 bits per heavy atom. The number of hydrogen-bond acceptors (Lipinski definition) is 4. The topological polar surface area (TPSA) is 86.3 Å². The molecule has 0 N–H and O–H groups in total. The highest BCUT2D eigenvalue weighted by Gasteiger charge is 2.23. The Morgan fingerprint density at radius 3 is 1.50 bits per heavy atom. The molecule has 0 heterocycles. The summed E-state index contributed by atoms with van der Waals surface area (Å²) in [6, 6.07) is 0. The zero-order valence-electron chi connectivity index (χ0n) is 4.10. The summed E-state index contributed by atoms with van der Waals surface area (Å²) in [5.41, 5.74) is 0. The van der Waals surface area contributed by atoms with Gasteiger partial charge in [0.25, 0.3) is 0 Å². The highest BCUT2D eigenvalue weighted by atomic mass is 16.7. The van der Waals surface area contributed by atoms with Gasteiger partial charge in [-0.15, -0.1) is 0 Å². The fourth-order valence-corrected chi connectivity index (χ4v) is 0.0770. The van der Waals surface area contributed by atoms with Crippen LogP contribution in [0.25, 0.3) is 0 Å². The van der Waals surface area contributed by atoms with Crippen molar-refractivity contribution in [1.29, 1.82) is 0 Å². The Labute approximate surface area is 44.4 Å². The Balaban J connectivity index is 3.83. The largest absolute Gasteiger partial charge is 0.448 e. The van der Waals surface area contributed by atoms with Crippen LogP contribution in [0.15, 0.2) is 0 Å². The molecule has 0 aromatic rings. The maximum atomic E-state index is 9.50. The SMILES string of the molecule is CC([N+](=O)[O-])[N+](=O)[O-]. The van der Waals surface area contributed by atoms with Crippen molar-refractivity contribution in [2.45, 2.75) is 13.1 Å². The van der Waals surface area contributed by atoms with Gasteiger partial charge in [-0.2, -0.15) is 0 Å². The van der Waals surface area contributed by atoms with Crippen LogP contribution >= 0.6 is 0 Å². The second-order valence-corrected chi connectivity index (χ2v) is 1.20. The average Bonchev–Trinajstić information content (AvgIpc) is 1.64. The first-order valence-electron chi connectivity index (χ1n) is 1.82. The van der Waals surface area contributed by atoms with E-state index in [1.165, 1.54) is 0 Å². The van der Waals surface area contributed by atoms with Gasteiger partial charge in [-0.05, 0) is 0 Å². The maximum Gasteiger partial charge on any atom is 0.448 e. The van der Waals surface area contributed by atoms with Gasteiger partial charge in [-0.25, -0.2) is 0 Å². The fraction of sp³-hybridized carbons (Fsp3) is 1.00. The first kappa shape index (κ1) is 6.80. The molecule has 0 aliphatic rings. The molecule has 0 bridgehead atoms. The van der Waals surface area contributed by atoms with E-state index in [9.17, 15) is 20.2 Å². The minimum atomic E-state index is -1.69. The number of nitrogens with zero attached hydrogens (tertiary/aromatic N) is 2. The van der Waals surface area contributed by atoms with Gasteiger partial charge >= 0.3 is 6.17 Å². The molecule has 0 saturated carbocycles. The fourth-order valence-electron chi connectivity index (χ4n) is 0.0770. The van der Waals surface area contributed by atoms with Gasteiger partial charge < -0.3 is 0 Å². The maximum absolute atomic E-state index is 9.50. The normalized spacial score (nSPS) is 9.25. The summed E-state index contributed by atoms with van der Waals surface area (Å²) in [6.45, 7) is 0.917. The second kappa shape index (κ2) is 2.20. The van der Waals surface area contributed by atoms with Crippen LogP contribution in [0, 0.1) is 20.2 Å². The van der Waals surface area contributed by atoms with Crippen LogP contribution in [0.4, 0.5) is 0 Å². The van der Waals surface area contributed by atoms with Gasteiger partial charge in [-0.3, -0.25) is 20.2 Å². The number of rotatable bonds is 2. The zero-order chi connectivity index (χ0) is 6.73. The average molecular weight is 120 g/mol. The number of nitro groups is 2. The summed E-state index contributed by atoms with van der Waals surface area (Å²) >= 11 is 0. The quantitative estimate of drug-likeness (QED) is 0.289. The Bertz CT molecular complexity index is 107. The van der Waals surface area contributed by atoms with Crippen molar-refractivity contribution < 1.29 is 9.85 Å². The third kappa shape index (κ3) is 1.50. The first-order valence-corrected chi connectivity index (χ1v) is 1.82. The minimum Gasteiger partial charge on any atom is -0.259 e. The van der Waals surface area contributed by atoms with Gasteiger partial charge in [-0.1, -0.05) is 0 Å². The third-order valence-electron chi connectivity index (χ3n) is 0.610. The summed E-state index contributed by atoms with van der Waals surface area (Å²) in [6.07, 6.45) is -1.69. The molecule has 0 unspecified atom stereocenters. The Hall–Kier alpha value is -1.20. The lowest BCUT2D eigenvalue weighted by molar-refractivity contribution is -0.737. The predicted molar refractivity (Wildman–Crippen MR) is 23.5 cm³/mol. The lowest BCUT2D eigenvalue weighted by Gasteiger charge is -1.90. The van der Waals surface area contributed by atoms with Gasteiger partial charge in [0.05, 0.1) is 16.8 Å². The summed E-state index contributed by atoms with van der Waals surface area (Å²) in [4.78, 5) is 17.1. The van der Waals surface area contributed by atoms with E-state index in [2.05, 4.69) is 0 Å². The smallest absolute Gasteiger partial charge is 0.259 e. The second-order valence-electron chi connectivity index (χ2n) is 1.20. The molecule has 0 aromatic carbocycles. The van der Waals surface area contributed by atoms with Crippen LogP contribution in [0.3, 0.4) is 0 Å². The molecule has 0 aromatic heterocycles. The summed E-state index contributed by atoms with van der Waals surface area (Å²) < 4.78 is 0. The molecule has 0 aliphatic heterocycles. The molecular weight excluding hydrogens is 116 g/mol. The van der Waals surface area contributed by atoms with Crippen LogP contribution in [0.2, 0.25) is 0 Å². The van der Waals surface area contributed by atoms with E-state index < -0.39 is 16.0 Å². The van der Waals surface area contributed by atoms with E-state index in [1.54, 1.807) is 0 Å². The van der Waals surface area contributed by atoms with E-state index in [0.29, 0.717) is 0 Å². The van der Waals surface area contributed by atoms with Crippen LogP contribution in [0.1, 0.15) is 6.92 Å². The predicted octanol–water partition coefficient (Wildman–Crippen LogP) is -0.114. The van der Waals surface area contributed by atoms with Gasteiger partial charge in [0.15, 0.2) is 0 Å². The van der Waals surface area contributed by atoms with Crippen LogP contribution in [-0.2, 0) is 0 Å². The summed E-state index contributed by atoms with van der Waals surface area (Å²) in [7, 11) is 0. The van der Waals surface area contributed by atoms with Crippen molar-refractivity contribution in [3.05, 3.63) is 20.2 Å². The van der Waals surface area contributed by atoms with Crippen molar-refractivity contribution in [3.63, 3.8) is 0 Å². The van der Waals surface area contributed by atoms with Crippen molar-refractivity contribution in [3.8, 4) is 0 Å². The van der Waals surface area contributed by atoms with Gasteiger partial charge in [0.2, 0.25) is 0 Å². The highest BCUT2D eigenvalue weighted by molar-refractivity contribution is 4.23. The highest BCUT2D eigenvalue weighted by Crippen LogP contribution is 1.85. The molecule has 0 amide bonds. The molecule has 0 atom stereocenters. The van der Waals surface area contributed by atoms with E-state index in [-0.39, 0.29) is 0 Å². The monoisotopic (exact) mass is 120 g/mol. The molecule has 0 spiro atoms. The molecule has 0 aliphatic carbocycles. The summed E-state index contributed by atoms with van der Waals surface area (Å²) in [5, 5.41) is 19.0. The molecule has 6 heteroatoms. The van der Waals surface area contributed by atoms with Crippen LogP contribution in [0.5, 0.6) is 0 Å². The minimum absolute atomic E-state index is 0.917. The van der Waals surface area contributed by atoms with Crippen molar-refractivity contribution in [2.24, 2.45) is 0 Å². The van der Waals surface area contributed by atoms with E-state index >= 15 is 0 Å². The summed E-state index contributed by atoms with van der Waals surface area (Å²) in [5.74, 6) is 0. The van der Waals surface area contributed by atoms with Crippen LogP contribution in [-0.4, -0.2) is 16.0 Å². The molecule has 0 radical (unpaired) electrons.